The summed E-state index contributed by atoms with van der Waals surface area (Å²) in [7, 11) is 0. The molecule has 2 aliphatic heterocycles. The van der Waals surface area contributed by atoms with Crippen LogP contribution in [0.4, 0.5) is 16.4 Å². The Morgan fingerprint density at radius 1 is 1.08 bits per heavy atom. The molecular formula is C17H25N5O3. The van der Waals surface area contributed by atoms with E-state index >= 15 is 0 Å². The second-order valence-corrected chi connectivity index (χ2v) is 7.34. The van der Waals surface area contributed by atoms with E-state index in [0.717, 1.165) is 12.2 Å². The first-order chi connectivity index (χ1) is 11.8. The van der Waals surface area contributed by atoms with Gasteiger partial charge < -0.3 is 14.5 Å². The molecular weight excluding hydrogens is 322 g/mol. The molecule has 8 nitrogen and oxygen atoms in total. The fourth-order valence-corrected chi connectivity index (χ4v) is 2.96. The van der Waals surface area contributed by atoms with E-state index in [1.54, 1.807) is 22.2 Å². The highest BCUT2D eigenvalue weighted by Gasteiger charge is 2.27. The van der Waals surface area contributed by atoms with E-state index < -0.39 is 5.60 Å². The minimum absolute atomic E-state index is 0.0983. The van der Waals surface area contributed by atoms with Gasteiger partial charge in [-0.25, -0.2) is 9.78 Å². The summed E-state index contributed by atoms with van der Waals surface area (Å²) in [4.78, 5) is 38.3. The van der Waals surface area contributed by atoms with Gasteiger partial charge in [-0.3, -0.25) is 14.7 Å². The van der Waals surface area contributed by atoms with E-state index in [2.05, 4.69) is 14.9 Å². The van der Waals surface area contributed by atoms with Gasteiger partial charge in [-0.2, -0.15) is 0 Å². The molecule has 3 heterocycles. The van der Waals surface area contributed by atoms with E-state index in [0.29, 0.717) is 45.0 Å². The Bertz CT molecular complexity index is 650. The minimum Gasteiger partial charge on any atom is -0.444 e. The molecule has 0 bridgehead atoms. The van der Waals surface area contributed by atoms with Crippen molar-refractivity contribution in [2.75, 3.05) is 42.5 Å². The highest BCUT2D eigenvalue weighted by molar-refractivity contribution is 5.94. The number of hydrogen-bond donors (Lipinski definition) is 0. The van der Waals surface area contributed by atoms with Crippen LogP contribution < -0.4 is 9.80 Å². The molecule has 8 heteroatoms. The van der Waals surface area contributed by atoms with Gasteiger partial charge in [-0.1, -0.05) is 0 Å². The monoisotopic (exact) mass is 347 g/mol. The lowest BCUT2D eigenvalue weighted by Gasteiger charge is -2.36. The number of nitrogens with zero attached hydrogens (tertiary/aromatic N) is 5. The Morgan fingerprint density at radius 3 is 2.36 bits per heavy atom. The van der Waals surface area contributed by atoms with Gasteiger partial charge in [-0.05, 0) is 27.2 Å². The molecule has 0 aliphatic carbocycles. The molecule has 1 aromatic rings. The predicted octanol–water partition coefficient (Wildman–Crippen LogP) is 1.66. The third-order valence-electron chi connectivity index (χ3n) is 4.21. The van der Waals surface area contributed by atoms with Crippen molar-refractivity contribution in [2.45, 2.75) is 39.2 Å². The number of anilines is 2. The topological polar surface area (TPSA) is 78.9 Å². The smallest absolute Gasteiger partial charge is 0.410 e. The molecule has 3 rings (SSSR count). The number of carbonyl (C=O) groups excluding carboxylic acids is 2. The normalized spacial score (nSPS) is 18.7. The quantitative estimate of drug-likeness (QED) is 0.810. The predicted molar refractivity (Wildman–Crippen MR) is 93.6 cm³/mol. The van der Waals surface area contributed by atoms with Crippen molar-refractivity contribution >= 4 is 23.6 Å². The summed E-state index contributed by atoms with van der Waals surface area (Å²) in [5.74, 6) is 1.44. The maximum Gasteiger partial charge on any atom is 0.410 e. The number of amides is 2. The van der Waals surface area contributed by atoms with Gasteiger partial charge in [0.1, 0.15) is 11.4 Å². The van der Waals surface area contributed by atoms with Crippen LogP contribution in [-0.2, 0) is 9.53 Å². The highest BCUT2D eigenvalue weighted by atomic mass is 16.6. The number of hydrogen-bond acceptors (Lipinski definition) is 6. The summed E-state index contributed by atoms with van der Waals surface area (Å²) < 4.78 is 5.41. The second kappa shape index (κ2) is 6.85. The fraction of sp³-hybridized carbons (Fsp3) is 0.647. The van der Waals surface area contributed by atoms with Gasteiger partial charge in [0.2, 0.25) is 5.91 Å². The Labute approximate surface area is 147 Å². The van der Waals surface area contributed by atoms with E-state index in [4.69, 9.17) is 4.74 Å². The van der Waals surface area contributed by atoms with Gasteiger partial charge in [-0.15, -0.1) is 0 Å². The van der Waals surface area contributed by atoms with Crippen molar-refractivity contribution in [3.63, 3.8) is 0 Å². The third-order valence-corrected chi connectivity index (χ3v) is 4.21. The molecule has 2 fully saturated rings. The lowest BCUT2D eigenvalue weighted by molar-refractivity contribution is -0.117. The molecule has 2 saturated heterocycles. The lowest BCUT2D eigenvalue weighted by Crippen LogP contribution is -2.50. The average Bonchev–Trinajstić information content (AvgIpc) is 3.00. The summed E-state index contributed by atoms with van der Waals surface area (Å²) in [6.45, 7) is 8.75. The Morgan fingerprint density at radius 2 is 1.76 bits per heavy atom. The average molecular weight is 347 g/mol. The van der Waals surface area contributed by atoms with Crippen molar-refractivity contribution in [3.8, 4) is 0 Å². The summed E-state index contributed by atoms with van der Waals surface area (Å²) in [5.41, 5.74) is -0.490. The zero-order chi connectivity index (χ0) is 18.0. The molecule has 0 atom stereocenters. The molecule has 2 aliphatic rings. The Hall–Kier alpha value is -2.38. The zero-order valence-corrected chi connectivity index (χ0v) is 15.1. The van der Waals surface area contributed by atoms with Crippen molar-refractivity contribution < 1.29 is 14.3 Å². The van der Waals surface area contributed by atoms with Gasteiger partial charge in [0, 0.05) is 39.1 Å². The van der Waals surface area contributed by atoms with Crippen LogP contribution in [0.5, 0.6) is 0 Å². The molecule has 0 saturated carbocycles. The maximum atomic E-state index is 12.1. The molecule has 0 spiro atoms. The summed E-state index contributed by atoms with van der Waals surface area (Å²) in [5, 5.41) is 0. The fourth-order valence-electron chi connectivity index (χ4n) is 2.96. The van der Waals surface area contributed by atoms with Gasteiger partial charge >= 0.3 is 6.09 Å². The molecule has 1 aromatic heterocycles. The maximum absolute atomic E-state index is 12.1. The van der Waals surface area contributed by atoms with Crippen LogP contribution >= 0.6 is 0 Å². The van der Waals surface area contributed by atoms with Crippen LogP contribution in [0.2, 0.25) is 0 Å². The molecule has 0 radical (unpaired) electrons. The summed E-state index contributed by atoms with van der Waals surface area (Å²) in [6, 6.07) is 0. The van der Waals surface area contributed by atoms with Crippen molar-refractivity contribution in [1.82, 2.24) is 14.9 Å². The standard InChI is InChI=1S/C17H25N5O3/c1-17(2,3)25-16(24)21-9-7-20(8-10-21)13-11-18-12-14(19-13)22-6-4-5-15(22)23/h11-12H,4-10H2,1-3H3. The zero-order valence-electron chi connectivity index (χ0n) is 15.1. The number of aromatic nitrogens is 2. The van der Waals surface area contributed by atoms with Crippen molar-refractivity contribution in [2.24, 2.45) is 0 Å². The van der Waals surface area contributed by atoms with E-state index in [9.17, 15) is 9.59 Å². The molecule has 2 amide bonds. The Balaban J connectivity index is 1.61. The first-order valence-corrected chi connectivity index (χ1v) is 8.69. The first kappa shape index (κ1) is 17.4. The van der Waals surface area contributed by atoms with Crippen LogP contribution in [0.15, 0.2) is 12.4 Å². The molecule has 0 aromatic carbocycles. The Kier molecular flexibility index (Phi) is 4.78. The third kappa shape index (κ3) is 4.18. The number of rotatable bonds is 2. The minimum atomic E-state index is -0.490. The number of piperazine rings is 1. The lowest BCUT2D eigenvalue weighted by atomic mass is 10.2. The van der Waals surface area contributed by atoms with Crippen molar-refractivity contribution in [1.29, 1.82) is 0 Å². The van der Waals surface area contributed by atoms with Crippen LogP contribution in [0.1, 0.15) is 33.6 Å². The molecule has 25 heavy (non-hydrogen) atoms. The van der Waals surface area contributed by atoms with E-state index in [1.165, 1.54) is 0 Å². The van der Waals surface area contributed by atoms with E-state index in [1.807, 2.05) is 20.8 Å². The van der Waals surface area contributed by atoms with E-state index in [-0.39, 0.29) is 12.0 Å². The van der Waals surface area contributed by atoms with Crippen LogP contribution in [-0.4, -0.2) is 65.2 Å². The van der Waals surface area contributed by atoms with Gasteiger partial charge in [0.05, 0.1) is 12.4 Å². The summed E-state index contributed by atoms with van der Waals surface area (Å²) in [6.07, 6.45) is 4.48. The molecule has 136 valence electrons. The number of carbonyl (C=O) groups is 2. The van der Waals surface area contributed by atoms with Gasteiger partial charge in [0.25, 0.3) is 0 Å². The van der Waals surface area contributed by atoms with Crippen LogP contribution in [0.3, 0.4) is 0 Å². The van der Waals surface area contributed by atoms with Crippen LogP contribution in [0.25, 0.3) is 0 Å². The van der Waals surface area contributed by atoms with Crippen molar-refractivity contribution in [3.05, 3.63) is 12.4 Å². The summed E-state index contributed by atoms with van der Waals surface area (Å²) >= 11 is 0. The van der Waals surface area contributed by atoms with Gasteiger partial charge in [0.15, 0.2) is 5.82 Å². The molecule has 0 N–H and O–H groups in total. The SMILES string of the molecule is CC(C)(C)OC(=O)N1CCN(c2cncc(N3CCCC3=O)n2)CC1. The number of ether oxygens (including phenoxy) is 1. The molecule has 0 unspecified atom stereocenters. The highest BCUT2D eigenvalue weighted by Crippen LogP contribution is 2.22. The first-order valence-electron chi connectivity index (χ1n) is 8.69. The second-order valence-electron chi connectivity index (χ2n) is 7.34. The van der Waals surface area contributed by atoms with Crippen LogP contribution in [0, 0.1) is 0 Å². The largest absolute Gasteiger partial charge is 0.444 e.